The SMILES string of the molecule is C#CCCC(C)N. The summed E-state index contributed by atoms with van der Waals surface area (Å²) in [6, 6.07) is 0.260. The van der Waals surface area contributed by atoms with Gasteiger partial charge in [-0.1, -0.05) is 0 Å². The molecule has 0 heterocycles. The summed E-state index contributed by atoms with van der Waals surface area (Å²) in [5, 5.41) is 0. The lowest BCUT2D eigenvalue weighted by molar-refractivity contribution is 0.683. The first-order valence-electron chi connectivity index (χ1n) is 2.46. The molecule has 1 nitrogen and oxygen atoms in total. The molecule has 2 N–H and O–H groups in total. The van der Waals surface area contributed by atoms with Crippen LogP contribution in [0.1, 0.15) is 19.8 Å². The van der Waals surface area contributed by atoms with E-state index in [1.165, 1.54) is 0 Å². The van der Waals surface area contributed by atoms with Crippen molar-refractivity contribution < 1.29 is 0 Å². The molecule has 0 bridgehead atoms. The summed E-state index contributed by atoms with van der Waals surface area (Å²) < 4.78 is 0. The molecule has 0 rings (SSSR count). The number of terminal acetylenes is 1. The summed E-state index contributed by atoms with van der Waals surface area (Å²) >= 11 is 0. The molecule has 1 atom stereocenters. The minimum atomic E-state index is 0.260. The Labute approximate surface area is 44.9 Å². The van der Waals surface area contributed by atoms with Gasteiger partial charge in [-0.05, 0) is 13.3 Å². The van der Waals surface area contributed by atoms with Crippen molar-refractivity contribution in [1.29, 1.82) is 0 Å². The van der Waals surface area contributed by atoms with Gasteiger partial charge < -0.3 is 5.73 Å². The zero-order valence-electron chi connectivity index (χ0n) is 4.65. The van der Waals surface area contributed by atoms with E-state index in [-0.39, 0.29) is 6.04 Å². The summed E-state index contributed by atoms with van der Waals surface area (Å²) in [5.74, 6) is 2.52. The van der Waals surface area contributed by atoms with Crippen LogP contribution in [-0.4, -0.2) is 6.04 Å². The Morgan fingerprint density at radius 2 is 2.43 bits per heavy atom. The summed E-state index contributed by atoms with van der Waals surface area (Å²) in [7, 11) is 0. The fraction of sp³-hybridized carbons (Fsp3) is 0.667. The summed E-state index contributed by atoms with van der Waals surface area (Å²) in [6.07, 6.45) is 6.72. The highest BCUT2D eigenvalue weighted by Crippen LogP contribution is 1.88. The normalized spacial score (nSPS) is 12.7. The standard InChI is InChI=1S/C6H11N/c1-3-4-5-6(2)7/h1,6H,4-5,7H2,2H3. The number of rotatable bonds is 2. The second kappa shape index (κ2) is 3.70. The van der Waals surface area contributed by atoms with Gasteiger partial charge in [0, 0.05) is 12.5 Å². The van der Waals surface area contributed by atoms with Gasteiger partial charge >= 0.3 is 0 Å². The molecule has 0 saturated heterocycles. The predicted molar refractivity (Wildman–Crippen MR) is 31.7 cm³/mol. The van der Waals surface area contributed by atoms with Crippen LogP contribution < -0.4 is 5.73 Å². The van der Waals surface area contributed by atoms with E-state index in [2.05, 4.69) is 5.92 Å². The third-order valence-electron chi connectivity index (χ3n) is 0.744. The Morgan fingerprint density at radius 1 is 1.86 bits per heavy atom. The minimum absolute atomic E-state index is 0.260. The highest BCUT2D eigenvalue weighted by Gasteiger charge is 1.87. The number of nitrogens with two attached hydrogens (primary N) is 1. The predicted octanol–water partition coefficient (Wildman–Crippen LogP) is 0.747. The molecule has 0 aliphatic rings. The van der Waals surface area contributed by atoms with E-state index in [0.717, 1.165) is 12.8 Å². The maximum Gasteiger partial charge on any atom is 0.0101 e. The molecule has 7 heavy (non-hydrogen) atoms. The van der Waals surface area contributed by atoms with Crippen LogP contribution >= 0.6 is 0 Å². The van der Waals surface area contributed by atoms with Crippen LogP contribution in [0.2, 0.25) is 0 Å². The smallest absolute Gasteiger partial charge is 0.0101 e. The molecule has 40 valence electrons. The maximum atomic E-state index is 5.38. The quantitative estimate of drug-likeness (QED) is 0.505. The molecule has 0 saturated carbocycles. The number of hydrogen-bond donors (Lipinski definition) is 1. The largest absolute Gasteiger partial charge is 0.328 e. The molecular formula is C6H11N. The second-order valence-corrected chi connectivity index (χ2v) is 1.72. The summed E-state index contributed by atoms with van der Waals surface area (Å²) in [4.78, 5) is 0. The molecule has 0 aliphatic carbocycles. The lowest BCUT2D eigenvalue weighted by atomic mass is 10.2. The van der Waals surface area contributed by atoms with E-state index in [9.17, 15) is 0 Å². The van der Waals surface area contributed by atoms with Crippen molar-refractivity contribution in [2.24, 2.45) is 5.73 Å². The first-order valence-corrected chi connectivity index (χ1v) is 2.46. The fourth-order valence-corrected chi connectivity index (χ4v) is 0.311. The minimum Gasteiger partial charge on any atom is -0.328 e. The van der Waals surface area contributed by atoms with Gasteiger partial charge in [-0.2, -0.15) is 0 Å². The van der Waals surface area contributed by atoms with Crippen molar-refractivity contribution in [3.8, 4) is 12.3 Å². The van der Waals surface area contributed by atoms with Crippen molar-refractivity contribution in [3.05, 3.63) is 0 Å². The van der Waals surface area contributed by atoms with Crippen molar-refractivity contribution in [2.45, 2.75) is 25.8 Å². The molecule has 0 fully saturated rings. The van der Waals surface area contributed by atoms with E-state index in [1.807, 2.05) is 6.92 Å². The summed E-state index contributed by atoms with van der Waals surface area (Å²) in [5.41, 5.74) is 5.38. The van der Waals surface area contributed by atoms with Crippen LogP contribution in [0.3, 0.4) is 0 Å². The van der Waals surface area contributed by atoms with Gasteiger partial charge in [0.25, 0.3) is 0 Å². The molecular weight excluding hydrogens is 86.1 g/mol. The highest BCUT2D eigenvalue weighted by atomic mass is 14.6. The van der Waals surface area contributed by atoms with Gasteiger partial charge in [0.15, 0.2) is 0 Å². The van der Waals surface area contributed by atoms with E-state index < -0.39 is 0 Å². The monoisotopic (exact) mass is 97.1 g/mol. The van der Waals surface area contributed by atoms with Gasteiger partial charge in [-0.25, -0.2) is 0 Å². The van der Waals surface area contributed by atoms with Crippen LogP contribution in [0.15, 0.2) is 0 Å². The third-order valence-corrected chi connectivity index (χ3v) is 0.744. The van der Waals surface area contributed by atoms with Crippen LogP contribution in [0, 0.1) is 12.3 Å². The molecule has 0 amide bonds. The molecule has 1 unspecified atom stereocenters. The molecule has 0 aromatic heterocycles. The van der Waals surface area contributed by atoms with E-state index in [4.69, 9.17) is 12.2 Å². The molecule has 1 heteroatoms. The van der Waals surface area contributed by atoms with E-state index >= 15 is 0 Å². The van der Waals surface area contributed by atoms with Gasteiger partial charge in [0.1, 0.15) is 0 Å². The topological polar surface area (TPSA) is 26.0 Å². The fourth-order valence-electron chi connectivity index (χ4n) is 0.311. The molecule has 0 spiro atoms. The average Bonchev–Trinajstić information content (AvgIpc) is 1.61. The molecule has 0 aromatic carbocycles. The van der Waals surface area contributed by atoms with Crippen molar-refractivity contribution in [1.82, 2.24) is 0 Å². The van der Waals surface area contributed by atoms with Crippen LogP contribution in [-0.2, 0) is 0 Å². The van der Waals surface area contributed by atoms with Crippen LogP contribution in [0.4, 0.5) is 0 Å². The first kappa shape index (κ1) is 6.52. The second-order valence-electron chi connectivity index (χ2n) is 1.72. The van der Waals surface area contributed by atoms with Gasteiger partial charge in [0.05, 0.1) is 0 Å². The highest BCUT2D eigenvalue weighted by molar-refractivity contribution is 4.84. The van der Waals surface area contributed by atoms with Crippen LogP contribution in [0.25, 0.3) is 0 Å². The summed E-state index contributed by atoms with van der Waals surface area (Å²) in [6.45, 7) is 1.96. The zero-order valence-corrected chi connectivity index (χ0v) is 4.65. The Morgan fingerprint density at radius 3 is 2.57 bits per heavy atom. The zero-order chi connectivity index (χ0) is 5.70. The van der Waals surface area contributed by atoms with Crippen molar-refractivity contribution >= 4 is 0 Å². The Bertz CT molecular complexity index is 68.7. The van der Waals surface area contributed by atoms with Crippen LogP contribution in [0.5, 0.6) is 0 Å². The lowest BCUT2D eigenvalue weighted by Crippen LogP contribution is -2.13. The Balaban J connectivity index is 2.86. The lowest BCUT2D eigenvalue weighted by Gasteiger charge is -1.96. The third kappa shape index (κ3) is 5.52. The Hall–Kier alpha value is -0.480. The van der Waals surface area contributed by atoms with Crippen molar-refractivity contribution in [2.75, 3.05) is 0 Å². The average molecular weight is 97.2 g/mol. The van der Waals surface area contributed by atoms with Gasteiger partial charge in [0.2, 0.25) is 0 Å². The molecule has 0 aliphatic heterocycles. The van der Waals surface area contributed by atoms with Gasteiger partial charge in [-0.15, -0.1) is 12.3 Å². The number of hydrogen-bond acceptors (Lipinski definition) is 1. The van der Waals surface area contributed by atoms with E-state index in [1.54, 1.807) is 0 Å². The Kier molecular flexibility index (Phi) is 3.45. The van der Waals surface area contributed by atoms with Gasteiger partial charge in [-0.3, -0.25) is 0 Å². The molecule has 0 radical (unpaired) electrons. The first-order chi connectivity index (χ1) is 3.27. The molecule has 0 aromatic rings. The maximum absolute atomic E-state index is 5.38. The van der Waals surface area contributed by atoms with Crippen molar-refractivity contribution in [3.63, 3.8) is 0 Å². The van der Waals surface area contributed by atoms with E-state index in [0.29, 0.717) is 0 Å².